The topological polar surface area (TPSA) is 179 Å². The van der Waals surface area contributed by atoms with Gasteiger partial charge in [-0.3, -0.25) is 24.0 Å². The van der Waals surface area contributed by atoms with E-state index >= 15 is 0 Å². The zero-order valence-electron chi connectivity index (χ0n) is 21.0. The molecule has 2 aliphatic rings. The molecule has 2 fully saturated rings. The van der Waals surface area contributed by atoms with E-state index in [1.165, 1.54) is 13.8 Å². The first kappa shape index (κ1) is 29.4. The number of carbonyl (C=O) groups is 5. The fourth-order valence-electron chi connectivity index (χ4n) is 4.05. The van der Waals surface area contributed by atoms with Gasteiger partial charge in [0, 0.05) is 34.6 Å². The molecule has 204 valence electrons. The van der Waals surface area contributed by atoms with E-state index in [1.807, 2.05) is 0 Å². The van der Waals surface area contributed by atoms with Crippen molar-refractivity contribution in [2.24, 2.45) is 0 Å². The third-order valence-corrected chi connectivity index (χ3v) is 5.27. The van der Waals surface area contributed by atoms with Crippen LogP contribution in [0.15, 0.2) is 0 Å². The molecule has 0 unspecified atom stereocenters. The largest absolute Gasteiger partial charge is 0.456 e. The Kier molecular flexibility index (Phi) is 10.2. The molecule has 14 nitrogen and oxygen atoms in total. The van der Waals surface area contributed by atoms with Crippen LogP contribution in [0.5, 0.6) is 0 Å². The van der Waals surface area contributed by atoms with Crippen molar-refractivity contribution in [2.45, 2.75) is 110 Å². The first-order chi connectivity index (χ1) is 16.7. The highest BCUT2D eigenvalue weighted by Gasteiger charge is 2.55. The van der Waals surface area contributed by atoms with Gasteiger partial charge in [0.1, 0.15) is 0 Å². The van der Waals surface area contributed by atoms with Gasteiger partial charge < -0.3 is 43.0 Å². The molecular weight excluding hydrogens is 488 g/mol. The van der Waals surface area contributed by atoms with E-state index < -0.39 is 91.3 Å². The predicted octanol–water partition coefficient (Wildman–Crippen LogP) is -0.488. The maximum absolute atomic E-state index is 11.9. The number of aliphatic hydroxyl groups excluding tert-OH is 1. The van der Waals surface area contributed by atoms with Gasteiger partial charge in [-0.05, 0) is 13.8 Å². The van der Waals surface area contributed by atoms with Gasteiger partial charge in [-0.25, -0.2) is 0 Å². The summed E-state index contributed by atoms with van der Waals surface area (Å²) in [6.07, 6.45) is -13.2. The first-order valence-corrected chi connectivity index (χ1v) is 11.2. The molecule has 0 radical (unpaired) electrons. The summed E-state index contributed by atoms with van der Waals surface area (Å²) in [5, 5.41) is 10.6. The van der Waals surface area contributed by atoms with Gasteiger partial charge in [0.25, 0.3) is 0 Å². The Morgan fingerprint density at radius 3 is 1.28 bits per heavy atom. The third-order valence-electron chi connectivity index (χ3n) is 5.27. The molecular formula is C22H32O14. The molecule has 0 amide bonds. The van der Waals surface area contributed by atoms with E-state index in [1.54, 1.807) is 0 Å². The summed E-state index contributed by atoms with van der Waals surface area (Å²) in [4.78, 5) is 58.9. The van der Waals surface area contributed by atoms with Crippen molar-refractivity contribution < 1.29 is 67.0 Å². The summed E-state index contributed by atoms with van der Waals surface area (Å²) in [6.45, 7) is 8.55. The highest BCUT2D eigenvalue weighted by molar-refractivity contribution is 5.69. The monoisotopic (exact) mass is 520 g/mol. The molecule has 2 heterocycles. The van der Waals surface area contributed by atoms with Crippen LogP contribution in [0.2, 0.25) is 0 Å². The van der Waals surface area contributed by atoms with Crippen LogP contribution in [0.4, 0.5) is 0 Å². The second-order valence-corrected chi connectivity index (χ2v) is 8.41. The summed E-state index contributed by atoms with van der Waals surface area (Å²) >= 11 is 0. The van der Waals surface area contributed by atoms with Gasteiger partial charge in [0.05, 0.1) is 12.2 Å². The van der Waals surface area contributed by atoms with Crippen LogP contribution >= 0.6 is 0 Å². The lowest BCUT2D eigenvalue weighted by molar-refractivity contribution is -0.357. The minimum atomic E-state index is -1.70. The summed E-state index contributed by atoms with van der Waals surface area (Å²) in [6, 6.07) is 0. The Bertz CT molecular complexity index is 843. The second kappa shape index (κ2) is 12.4. The van der Waals surface area contributed by atoms with Crippen LogP contribution in [-0.4, -0.2) is 96.4 Å². The lowest BCUT2D eigenvalue weighted by atomic mass is 9.97. The molecule has 0 spiro atoms. The molecule has 0 aromatic rings. The quantitative estimate of drug-likeness (QED) is 0.335. The van der Waals surface area contributed by atoms with Crippen molar-refractivity contribution >= 4 is 29.8 Å². The molecule has 10 atom stereocenters. The van der Waals surface area contributed by atoms with Crippen molar-refractivity contribution in [3.8, 4) is 0 Å². The molecule has 1 N–H and O–H groups in total. The Morgan fingerprint density at radius 1 is 0.528 bits per heavy atom. The van der Waals surface area contributed by atoms with E-state index in [0.717, 1.165) is 34.6 Å². The van der Waals surface area contributed by atoms with Crippen LogP contribution in [0, 0.1) is 0 Å². The van der Waals surface area contributed by atoms with Gasteiger partial charge >= 0.3 is 29.8 Å². The minimum absolute atomic E-state index is 0.706. The number of esters is 5. The molecule has 0 saturated carbocycles. The molecule has 36 heavy (non-hydrogen) atoms. The molecule has 2 aliphatic heterocycles. The summed E-state index contributed by atoms with van der Waals surface area (Å²) < 4.78 is 43.5. The average Bonchev–Trinajstić information content (AvgIpc) is 2.71. The fraction of sp³-hybridized carbons (Fsp3) is 0.773. The summed E-state index contributed by atoms with van der Waals surface area (Å²) in [5.41, 5.74) is 0. The van der Waals surface area contributed by atoms with Crippen LogP contribution in [0.25, 0.3) is 0 Å². The summed E-state index contributed by atoms with van der Waals surface area (Å²) in [5.74, 6) is -3.77. The van der Waals surface area contributed by atoms with E-state index in [0.29, 0.717) is 0 Å². The zero-order valence-corrected chi connectivity index (χ0v) is 21.0. The Labute approximate surface area is 207 Å². The third kappa shape index (κ3) is 7.59. The predicted molar refractivity (Wildman–Crippen MR) is 114 cm³/mol. The van der Waals surface area contributed by atoms with E-state index in [-0.39, 0.29) is 0 Å². The maximum atomic E-state index is 11.9. The van der Waals surface area contributed by atoms with Crippen LogP contribution in [-0.2, 0) is 61.9 Å². The Hall–Kier alpha value is -2.81. The van der Waals surface area contributed by atoms with Crippen molar-refractivity contribution in [3.63, 3.8) is 0 Å². The van der Waals surface area contributed by atoms with Crippen molar-refractivity contribution in [3.05, 3.63) is 0 Å². The Balaban J connectivity index is 2.46. The molecule has 0 bridgehead atoms. The molecule has 2 saturated heterocycles. The average molecular weight is 520 g/mol. The number of aliphatic hydroxyl groups is 1. The molecule has 14 heteroatoms. The van der Waals surface area contributed by atoms with Crippen molar-refractivity contribution in [1.82, 2.24) is 0 Å². The van der Waals surface area contributed by atoms with Gasteiger partial charge in [0.15, 0.2) is 49.2 Å². The number of hydrogen-bond donors (Lipinski definition) is 1. The highest BCUT2D eigenvalue weighted by atomic mass is 16.8. The minimum Gasteiger partial charge on any atom is -0.456 e. The number of rotatable bonds is 7. The van der Waals surface area contributed by atoms with Crippen molar-refractivity contribution in [1.29, 1.82) is 0 Å². The summed E-state index contributed by atoms with van der Waals surface area (Å²) in [7, 11) is 0. The number of ether oxygens (including phenoxy) is 8. The van der Waals surface area contributed by atoms with Crippen molar-refractivity contribution in [2.75, 3.05) is 0 Å². The molecule has 0 aromatic carbocycles. The maximum Gasteiger partial charge on any atom is 0.303 e. The number of hydrogen-bond acceptors (Lipinski definition) is 14. The van der Waals surface area contributed by atoms with Crippen LogP contribution < -0.4 is 0 Å². The van der Waals surface area contributed by atoms with Gasteiger partial charge in [-0.2, -0.15) is 0 Å². The first-order valence-electron chi connectivity index (χ1n) is 11.2. The van der Waals surface area contributed by atoms with Gasteiger partial charge in [-0.1, -0.05) is 0 Å². The fourth-order valence-corrected chi connectivity index (χ4v) is 4.05. The number of carbonyl (C=O) groups excluding carboxylic acids is 5. The molecule has 2 rings (SSSR count). The van der Waals surface area contributed by atoms with E-state index in [2.05, 4.69) is 0 Å². The normalized spacial score (nSPS) is 36.2. The van der Waals surface area contributed by atoms with Crippen LogP contribution in [0.1, 0.15) is 48.5 Å². The second-order valence-electron chi connectivity index (χ2n) is 8.41. The lowest BCUT2D eigenvalue weighted by Crippen LogP contribution is -2.65. The van der Waals surface area contributed by atoms with E-state index in [9.17, 15) is 29.1 Å². The Morgan fingerprint density at radius 2 is 0.861 bits per heavy atom. The standard InChI is InChI=1S/C22H32O14/c1-8-15(31-10(3)23)17(33-12(5)25)19(21(28)29-8)36-22-20(35-14(7)27)18(34-13(6)26)16(9(2)30-22)32-11(4)24/h8-9,15-22,28H,1-7H3/t8-,9-,15-,16-,17+,18+,19-,20+,21-,22-/m0/s1. The zero-order chi connectivity index (χ0) is 27.3. The van der Waals surface area contributed by atoms with E-state index in [4.69, 9.17) is 37.9 Å². The highest BCUT2D eigenvalue weighted by Crippen LogP contribution is 2.34. The van der Waals surface area contributed by atoms with Gasteiger partial charge in [-0.15, -0.1) is 0 Å². The van der Waals surface area contributed by atoms with Crippen LogP contribution in [0.3, 0.4) is 0 Å². The SMILES string of the molecule is CC(=O)O[C@@H]1[C@@H](OC(C)=O)[C@H](C)O[C@@H](O[C@H]2[C@H](OC(C)=O)[C@@H](OC(C)=O)[C@H](C)O[C@@H]2O)[C@@H]1OC(C)=O. The molecule has 0 aromatic heterocycles. The van der Waals surface area contributed by atoms with Gasteiger partial charge in [0.2, 0.25) is 0 Å². The smallest absolute Gasteiger partial charge is 0.303 e. The molecule has 0 aliphatic carbocycles. The lowest BCUT2D eigenvalue weighted by Gasteiger charge is -2.47.